The second-order valence-electron chi connectivity index (χ2n) is 7.93. The number of carbonyl (C=O) groups excluding carboxylic acids is 3. The minimum atomic E-state index is -0.841. The molecule has 1 aliphatic rings. The van der Waals surface area contributed by atoms with Crippen molar-refractivity contribution in [2.45, 2.75) is 13.0 Å². The van der Waals surface area contributed by atoms with Crippen LogP contribution in [0.5, 0.6) is 0 Å². The molecule has 0 radical (unpaired) electrons. The van der Waals surface area contributed by atoms with Gasteiger partial charge in [-0.3, -0.25) is 19.4 Å². The molecule has 1 atom stereocenters. The molecule has 4 aromatic rings. The second kappa shape index (κ2) is 8.46. The minimum Gasteiger partial charge on any atom is -0.360 e. The van der Waals surface area contributed by atoms with Crippen LogP contribution < -0.4 is 0 Å². The first-order valence-corrected chi connectivity index (χ1v) is 10.5. The van der Waals surface area contributed by atoms with Gasteiger partial charge >= 0.3 is 0 Å². The molecule has 0 aliphatic carbocycles. The molecular weight excluding hydrogens is 443 g/mol. The van der Waals surface area contributed by atoms with Gasteiger partial charge in [-0.25, -0.2) is 4.39 Å². The highest BCUT2D eigenvalue weighted by molar-refractivity contribution is 6.45. The molecule has 3 aromatic heterocycles. The van der Waals surface area contributed by atoms with E-state index in [1.165, 1.54) is 23.2 Å². The smallest absolute Gasteiger partial charge is 0.295 e. The van der Waals surface area contributed by atoms with Crippen molar-refractivity contribution in [3.63, 3.8) is 0 Å². The van der Waals surface area contributed by atoms with Gasteiger partial charge in [0.05, 0.1) is 11.1 Å². The van der Waals surface area contributed by atoms with Gasteiger partial charge in [-0.05, 0) is 36.4 Å². The Morgan fingerprint density at radius 1 is 1.15 bits per heavy atom. The summed E-state index contributed by atoms with van der Waals surface area (Å²) in [5, 5.41) is 13.6. The topological polar surface area (TPSA) is 141 Å². The number of benzene rings is 1. The summed E-state index contributed by atoms with van der Waals surface area (Å²) in [4.78, 5) is 48.9. The third-order valence-corrected chi connectivity index (χ3v) is 5.87. The van der Waals surface area contributed by atoms with Gasteiger partial charge in [0.2, 0.25) is 5.82 Å². The molecule has 1 aliphatic heterocycles. The van der Waals surface area contributed by atoms with Crippen LogP contribution in [0.4, 0.5) is 4.39 Å². The lowest BCUT2D eigenvalue weighted by molar-refractivity contribution is -0.130. The van der Waals surface area contributed by atoms with Gasteiger partial charge in [0, 0.05) is 49.0 Å². The maximum Gasteiger partial charge on any atom is 0.295 e. The first-order valence-electron chi connectivity index (χ1n) is 10.5. The van der Waals surface area contributed by atoms with E-state index in [4.69, 9.17) is 0 Å². The lowest BCUT2D eigenvalue weighted by atomic mass is 10.0. The maximum absolute atomic E-state index is 14.7. The van der Waals surface area contributed by atoms with Gasteiger partial charge in [-0.15, -0.1) is 10.2 Å². The highest BCUT2D eigenvalue weighted by Crippen LogP contribution is 2.30. The molecular formula is C22H19FN8O3. The number of Topliss-reactive ketones (excluding diaryl/α,β-unsaturated/α-hetero) is 1. The third kappa shape index (κ3) is 3.58. The summed E-state index contributed by atoms with van der Waals surface area (Å²) < 4.78 is 14.7. The molecule has 5 rings (SSSR count). The van der Waals surface area contributed by atoms with Crippen LogP contribution >= 0.6 is 0 Å². The summed E-state index contributed by atoms with van der Waals surface area (Å²) in [6.45, 7) is 2.43. The Kier molecular flexibility index (Phi) is 5.32. The molecule has 34 heavy (non-hydrogen) atoms. The molecule has 0 unspecified atom stereocenters. The number of aromatic amines is 2. The Morgan fingerprint density at radius 2 is 2.00 bits per heavy atom. The fraction of sp³-hybridized carbons (Fsp3) is 0.227. The van der Waals surface area contributed by atoms with Gasteiger partial charge in [0.1, 0.15) is 11.5 Å². The summed E-state index contributed by atoms with van der Waals surface area (Å²) in [5.41, 5.74) is 0.960. The zero-order valence-electron chi connectivity index (χ0n) is 18.0. The van der Waals surface area contributed by atoms with E-state index < -0.39 is 23.5 Å². The molecule has 0 spiro atoms. The van der Waals surface area contributed by atoms with Crippen molar-refractivity contribution in [1.82, 2.24) is 40.4 Å². The lowest BCUT2D eigenvalue weighted by Gasteiger charge is -2.39. The summed E-state index contributed by atoms with van der Waals surface area (Å²) >= 11 is 0. The van der Waals surface area contributed by atoms with Gasteiger partial charge in [-0.2, -0.15) is 5.21 Å². The van der Waals surface area contributed by atoms with Crippen LogP contribution in [-0.4, -0.2) is 83.7 Å². The van der Waals surface area contributed by atoms with Crippen molar-refractivity contribution in [3.05, 3.63) is 59.8 Å². The summed E-state index contributed by atoms with van der Waals surface area (Å²) in [6, 6.07) is 7.32. The monoisotopic (exact) mass is 462 g/mol. The van der Waals surface area contributed by atoms with Gasteiger partial charge in [-0.1, -0.05) is 6.07 Å². The van der Waals surface area contributed by atoms with Crippen LogP contribution in [0.15, 0.2) is 42.7 Å². The number of hydrogen-bond donors (Lipinski definition) is 2. The van der Waals surface area contributed by atoms with Gasteiger partial charge < -0.3 is 14.8 Å². The van der Waals surface area contributed by atoms with Crippen molar-refractivity contribution >= 4 is 28.5 Å². The van der Waals surface area contributed by atoms with Crippen LogP contribution in [0.3, 0.4) is 0 Å². The predicted octanol–water partition coefficient (Wildman–Crippen LogP) is 1.44. The van der Waals surface area contributed by atoms with Gasteiger partial charge in [0.15, 0.2) is 0 Å². The van der Waals surface area contributed by atoms with Crippen LogP contribution in [0.1, 0.15) is 27.8 Å². The number of H-pyrrole nitrogens is 2. The standard InChI is InChI=1S/C22H19FN8O3/c1-12-11-30(21(33)16-4-2-3-7-24-16)8-9-31(12)22(34)19(32)14-10-25-18-13(20-26-28-29-27-20)5-6-15(23)17(14)18/h2-7,10,12,25H,8-9,11H2,1H3,(H,26,27,28,29)/t12-/m1/s1. The van der Waals surface area contributed by atoms with Crippen molar-refractivity contribution in [2.75, 3.05) is 19.6 Å². The largest absolute Gasteiger partial charge is 0.360 e. The highest BCUT2D eigenvalue weighted by Gasteiger charge is 2.35. The summed E-state index contributed by atoms with van der Waals surface area (Å²) in [6.07, 6.45) is 2.85. The number of amides is 2. The molecule has 1 fully saturated rings. The first-order chi connectivity index (χ1) is 16.5. The number of piperazine rings is 1. The molecule has 12 heteroatoms. The van der Waals surface area contributed by atoms with E-state index in [1.54, 1.807) is 36.2 Å². The Bertz CT molecular complexity index is 1390. The number of nitrogens with zero attached hydrogens (tertiary/aromatic N) is 6. The zero-order chi connectivity index (χ0) is 23.8. The number of carbonyl (C=O) groups is 3. The van der Waals surface area contributed by atoms with Gasteiger partial charge in [0.25, 0.3) is 17.6 Å². The number of halogens is 1. The first kappa shape index (κ1) is 21.4. The molecule has 1 aromatic carbocycles. The molecule has 172 valence electrons. The van der Waals surface area contributed by atoms with Crippen molar-refractivity contribution in [2.24, 2.45) is 0 Å². The number of nitrogens with one attached hydrogen (secondary N) is 2. The van der Waals surface area contributed by atoms with E-state index in [0.717, 1.165) is 0 Å². The molecule has 11 nitrogen and oxygen atoms in total. The number of rotatable bonds is 4. The fourth-order valence-corrected chi connectivity index (χ4v) is 4.19. The molecule has 0 bridgehead atoms. The molecule has 2 N–H and O–H groups in total. The zero-order valence-corrected chi connectivity index (χ0v) is 18.0. The Balaban J connectivity index is 1.37. The van der Waals surface area contributed by atoms with E-state index in [1.807, 2.05) is 0 Å². The second-order valence-corrected chi connectivity index (χ2v) is 7.93. The summed E-state index contributed by atoms with van der Waals surface area (Å²) in [5.74, 6) is -2.27. The third-order valence-electron chi connectivity index (χ3n) is 5.87. The predicted molar refractivity (Wildman–Crippen MR) is 117 cm³/mol. The van der Waals surface area contributed by atoms with E-state index in [-0.39, 0.29) is 47.8 Å². The Hall–Kier alpha value is -4.48. The number of fused-ring (bicyclic) bond motifs is 1. The minimum absolute atomic E-state index is 0.0164. The van der Waals surface area contributed by atoms with Crippen LogP contribution in [0, 0.1) is 5.82 Å². The number of ketones is 1. The van der Waals surface area contributed by atoms with Crippen molar-refractivity contribution in [3.8, 4) is 11.4 Å². The average Bonchev–Trinajstić information content (AvgIpc) is 3.55. The lowest BCUT2D eigenvalue weighted by Crippen LogP contribution is -2.56. The fourth-order valence-electron chi connectivity index (χ4n) is 4.19. The maximum atomic E-state index is 14.7. The molecule has 1 saturated heterocycles. The normalized spacial score (nSPS) is 16.1. The Morgan fingerprint density at radius 3 is 2.71 bits per heavy atom. The Labute approximate surface area is 192 Å². The van der Waals surface area contributed by atoms with Crippen LogP contribution in [0.2, 0.25) is 0 Å². The van der Waals surface area contributed by atoms with E-state index in [2.05, 4.69) is 30.6 Å². The van der Waals surface area contributed by atoms with E-state index >= 15 is 0 Å². The molecule has 2 amide bonds. The SMILES string of the molecule is C[C@@H]1CN(C(=O)c2ccccn2)CCN1C(=O)C(=O)c1c[nH]c2c(-c3nn[nH]n3)ccc(F)c12. The molecule has 4 heterocycles. The van der Waals surface area contributed by atoms with E-state index in [9.17, 15) is 18.8 Å². The van der Waals surface area contributed by atoms with Crippen LogP contribution in [0.25, 0.3) is 22.3 Å². The number of pyridine rings is 1. The van der Waals surface area contributed by atoms with Crippen molar-refractivity contribution in [1.29, 1.82) is 0 Å². The van der Waals surface area contributed by atoms with Crippen molar-refractivity contribution < 1.29 is 18.8 Å². The van der Waals surface area contributed by atoms with E-state index in [0.29, 0.717) is 11.3 Å². The summed E-state index contributed by atoms with van der Waals surface area (Å²) in [7, 11) is 0. The van der Waals surface area contributed by atoms with Crippen LogP contribution in [-0.2, 0) is 4.79 Å². The average molecular weight is 462 g/mol. The quantitative estimate of drug-likeness (QED) is 0.345. The number of hydrogen-bond acceptors (Lipinski definition) is 7. The number of tetrazole rings is 1. The number of aromatic nitrogens is 6. The highest BCUT2D eigenvalue weighted by atomic mass is 19.1. The molecule has 0 saturated carbocycles.